The van der Waals surface area contributed by atoms with Crippen molar-refractivity contribution in [3.05, 3.63) is 66.6 Å². The lowest BCUT2D eigenvalue weighted by atomic mass is 10.2. The molecule has 0 fully saturated rings. The van der Waals surface area contributed by atoms with Gasteiger partial charge in [-0.25, -0.2) is 18.1 Å². The second-order valence-corrected chi connectivity index (χ2v) is 9.12. The average molecular weight is 423 g/mol. The van der Waals surface area contributed by atoms with Gasteiger partial charge in [-0.3, -0.25) is 4.98 Å². The molecule has 1 N–H and O–H groups in total. The highest BCUT2D eigenvalue weighted by molar-refractivity contribution is 7.89. The maximum atomic E-state index is 12.4. The van der Waals surface area contributed by atoms with Gasteiger partial charge in [0.2, 0.25) is 10.0 Å². The lowest BCUT2D eigenvalue weighted by Crippen LogP contribution is -2.25. The molecule has 0 aliphatic rings. The van der Waals surface area contributed by atoms with Crippen LogP contribution in [-0.4, -0.2) is 29.5 Å². The number of imidazole rings is 1. The highest BCUT2D eigenvalue weighted by Crippen LogP contribution is 2.25. The summed E-state index contributed by atoms with van der Waals surface area (Å²) in [7, 11) is -3.45. The van der Waals surface area contributed by atoms with Crippen molar-refractivity contribution in [1.29, 1.82) is 0 Å². The van der Waals surface area contributed by atoms with Crippen molar-refractivity contribution < 1.29 is 8.42 Å². The summed E-state index contributed by atoms with van der Waals surface area (Å²) in [5.41, 5.74) is 3.00. The monoisotopic (exact) mass is 422 g/mol. The molecule has 4 rings (SSSR count). The number of sulfonamides is 1. The summed E-state index contributed by atoms with van der Waals surface area (Å²) in [4.78, 5) is 9.66. The Kier molecular flexibility index (Phi) is 6.11. The van der Waals surface area contributed by atoms with E-state index < -0.39 is 10.0 Å². The lowest BCUT2D eigenvalue weighted by molar-refractivity contribution is 0.563. The molecule has 0 amide bonds. The number of hydrogen-bond acceptors (Lipinski definition) is 4. The number of aromatic nitrogens is 3. The van der Waals surface area contributed by atoms with Crippen molar-refractivity contribution in [3.63, 3.8) is 0 Å². The van der Waals surface area contributed by atoms with Crippen LogP contribution in [0.25, 0.3) is 21.9 Å². The molecule has 0 saturated heterocycles. The minimum absolute atomic E-state index is 0.301. The third kappa shape index (κ3) is 4.22. The molecule has 7 heteroatoms. The zero-order valence-electron chi connectivity index (χ0n) is 17.1. The van der Waals surface area contributed by atoms with Crippen LogP contribution >= 0.6 is 0 Å². The summed E-state index contributed by atoms with van der Waals surface area (Å²) in [5.74, 6) is 1.07. The first-order chi connectivity index (χ1) is 14.6. The summed E-state index contributed by atoms with van der Waals surface area (Å²) in [5, 5.41) is 1.11. The summed E-state index contributed by atoms with van der Waals surface area (Å²) in [6.45, 7) is 3.36. The van der Waals surface area contributed by atoms with E-state index in [1.54, 1.807) is 24.3 Å². The van der Waals surface area contributed by atoms with Crippen LogP contribution in [0.5, 0.6) is 0 Å². The second kappa shape index (κ2) is 8.93. The summed E-state index contributed by atoms with van der Waals surface area (Å²) in [6.07, 6.45) is 5.38. The summed E-state index contributed by atoms with van der Waals surface area (Å²) < 4.78 is 29.7. The van der Waals surface area contributed by atoms with E-state index in [9.17, 15) is 8.42 Å². The maximum Gasteiger partial charge on any atom is 0.240 e. The van der Waals surface area contributed by atoms with Gasteiger partial charge in [-0.1, -0.05) is 43.3 Å². The number of unbranched alkanes of at least 4 members (excludes halogenated alkanes) is 1. The van der Waals surface area contributed by atoms with E-state index in [2.05, 4.69) is 27.3 Å². The zero-order valence-corrected chi connectivity index (χ0v) is 17.9. The average Bonchev–Trinajstić information content (AvgIpc) is 3.12. The van der Waals surface area contributed by atoms with Crippen molar-refractivity contribution in [3.8, 4) is 0 Å². The maximum absolute atomic E-state index is 12.4. The number of para-hydroxylation sites is 1. The molecule has 0 aliphatic heterocycles. The lowest BCUT2D eigenvalue weighted by Gasteiger charge is -2.11. The Morgan fingerprint density at radius 1 is 0.967 bits per heavy atom. The van der Waals surface area contributed by atoms with Crippen LogP contribution < -0.4 is 4.72 Å². The first kappa shape index (κ1) is 20.5. The van der Waals surface area contributed by atoms with Gasteiger partial charge in [0.1, 0.15) is 11.3 Å². The Labute approximate surface area is 177 Å². The van der Waals surface area contributed by atoms with Crippen LogP contribution in [0.1, 0.15) is 32.0 Å². The molecule has 2 aromatic heterocycles. The van der Waals surface area contributed by atoms with Crippen LogP contribution in [0.3, 0.4) is 0 Å². The fourth-order valence-electron chi connectivity index (χ4n) is 3.75. The van der Waals surface area contributed by atoms with Gasteiger partial charge >= 0.3 is 0 Å². The molecule has 6 nitrogen and oxygen atoms in total. The van der Waals surface area contributed by atoms with Gasteiger partial charge < -0.3 is 4.57 Å². The van der Waals surface area contributed by atoms with E-state index in [0.29, 0.717) is 11.4 Å². The number of nitrogens with zero attached hydrogens (tertiary/aromatic N) is 3. The van der Waals surface area contributed by atoms with Crippen molar-refractivity contribution in [2.75, 3.05) is 6.54 Å². The minimum atomic E-state index is -3.45. The van der Waals surface area contributed by atoms with Gasteiger partial charge in [0.15, 0.2) is 0 Å². The van der Waals surface area contributed by atoms with Crippen LogP contribution in [0.2, 0.25) is 0 Å². The van der Waals surface area contributed by atoms with E-state index in [0.717, 1.165) is 60.0 Å². The van der Waals surface area contributed by atoms with Gasteiger partial charge in [0.25, 0.3) is 0 Å². The van der Waals surface area contributed by atoms with Crippen molar-refractivity contribution in [1.82, 2.24) is 19.3 Å². The molecule has 2 aromatic carbocycles. The first-order valence-electron chi connectivity index (χ1n) is 10.4. The molecule has 2 heterocycles. The second-order valence-electron chi connectivity index (χ2n) is 7.36. The molecule has 0 spiro atoms. The zero-order chi connectivity index (χ0) is 21.0. The number of rotatable bonds is 9. The molecule has 0 saturated carbocycles. The quantitative estimate of drug-likeness (QED) is 0.408. The SMILES string of the molecule is CCCc1nc2cnc3ccccc3c2n1CCCCNS(=O)(=O)c1ccccc1. The molecule has 156 valence electrons. The topological polar surface area (TPSA) is 76.9 Å². The smallest absolute Gasteiger partial charge is 0.240 e. The Hall–Kier alpha value is -2.77. The number of hydrogen-bond donors (Lipinski definition) is 1. The van der Waals surface area contributed by atoms with Crippen molar-refractivity contribution in [2.45, 2.75) is 44.0 Å². The number of pyridine rings is 1. The Bertz CT molecular complexity index is 1250. The molecule has 0 radical (unpaired) electrons. The van der Waals surface area contributed by atoms with Crippen molar-refractivity contribution >= 4 is 32.0 Å². The fraction of sp³-hybridized carbons (Fsp3) is 0.304. The van der Waals surface area contributed by atoms with Crippen LogP contribution in [0.15, 0.2) is 65.7 Å². The predicted molar refractivity (Wildman–Crippen MR) is 120 cm³/mol. The normalized spacial score (nSPS) is 12.0. The summed E-state index contributed by atoms with van der Waals surface area (Å²) in [6, 6.07) is 16.6. The van der Waals surface area contributed by atoms with E-state index in [1.807, 2.05) is 30.5 Å². The van der Waals surface area contributed by atoms with Gasteiger partial charge in [-0.15, -0.1) is 0 Å². The molecule has 30 heavy (non-hydrogen) atoms. The standard InChI is InChI=1S/C23H26N4O2S/c1-2-10-22-26-21-17-24-20-14-7-6-13-19(20)23(21)27(22)16-9-8-15-25-30(28,29)18-11-4-3-5-12-18/h3-7,11-14,17,25H,2,8-10,15-16H2,1H3. The van der Waals surface area contributed by atoms with Gasteiger partial charge in [0.05, 0.1) is 22.1 Å². The molecular formula is C23H26N4O2S. The van der Waals surface area contributed by atoms with E-state index in [4.69, 9.17) is 4.98 Å². The molecule has 0 bridgehead atoms. The minimum Gasteiger partial charge on any atom is -0.327 e. The first-order valence-corrected chi connectivity index (χ1v) is 11.9. The fourth-order valence-corrected chi connectivity index (χ4v) is 4.85. The Morgan fingerprint density at radius 2 is 1.73 bits per heavy atom. The van der Waals surface area contributed by atoms with Gasteiger partial charge in [0, 0.05) is 24.9 Å². The van der Waals surface area contributed by atoms with E-state index >= 15 is 0 Å². The van der Waals surface area contributed by atoms with E-state index in [1.165, 1.54) is 0 Å². The predicted octanol–water partition coefficient (Wildman–Crippen LogP) is 4.30. The number of nitrogens with one attached hydrogen (secondary N) is 1. The van der Waals surface area contributed by atoms with Gasteiger partial charge in [-0.2, -0.15) is 0 Å². The van der Waals surface area contributed by atoms with Crippen LogP contribution in [0.4, 0.5) is 0 Å². The largest absolute Gasteiger partial charge is 0.327 e. The Balaban J connectivity index is 1.48. The van der Waals surface area contributed by atoms with Crippen LogP contribution in [-0.2, 0) is 23.0 Å². The van der Waals surface area contributed by atoms with Crippen LogP contribution in [0, 0.1) is 0 Å². The molecule has 0 aliphatic carbocycles. The molecule has 0 unspecified atom stereocenters. The summed E-state index contributed by atoms with van der Waals surface area (Å²) >= 11 is 0. The number of fused-ring (bicyclic) bond motifs is 3. The Morgan fingerprint density at radius 3 is 2.53 bits per heavy atom. The van der Waals surface area contributed by atoms with E-state index in [-0.39, 0.29) is 0 Å². The third-order valence-electron chi connectivity index (χ3n) is 5.19. The third-order valence-corrected chi connectivity index (χ3v) is 6.66. The molecule has 0 atom stereocenters. The van der Waals surface area contributed by atoms with Gasteiger partial charge in [-0.05, 0) is 37.5 Å². The van der Waals surface area contributed by atoms with Crippen molar-refractivity contribution in [2.24, 2.45) is 0 Å². The number of benzene rings is 2. The highest BCUT2D eigenvalue weighted by atomic mass is 32.2. The highest BCUT2D eigenvalue weighted by Gasteiger charge is 2.15. The molecule has 4 aromatic rings. The molecular weight excluding hydrogens is 396 g/mol. The number of aryl methyl sites for hydroxylation is 2.